The second kappa shape index (κ2) is 15.5. The average molecular weight is 688 g/mol. The smallest absolute Gasteiger partial charge is 0.337 e. The molecule has 2 amide bonds. The summed E-state index contributed by atoms with van der Waals surface area (Å²) in [5.74, 6) is 0.655. The van der Waals surface area contributed by atoms with Gasteiger partial charge in [-0.2, -0.15) is 5.10 Å². The molecule has 0 radical (unpaired) electrons. The Labute approximate surface area is 268 Å². The van der Waals surface area contributed by atoms with Crippen LogP contribution in [-0.2, 0) is 16.1 Å². The molecule has 1 aliphatic heterocycles. The SMILES string of the molecule is CCOc1cc([C@H]2NC(=O)NC(C)=C2C(=O)OC)ccc1OC[C@@H](O)N/N=C\c1cc(Cl)c(OCc2ccccc2)c(Br)c1. The zero-order valence-corrected chi connectivity index (χ0v) is 26.6. The molecule has 3 aromatic carbocycles. The Morgan fingerprint density at radius 3 is 2.61 bits per heavy atom. The molecule has 1 aliphatic rings. The number of benzene rings is 3. The van der Waals surface area contributed by atoms with E-state index in [-0.39, 0.29) is 12.2 Å². The molecule has 0 aromatic heterocycles. The normalized spacial score (nSPS) is 15.3. The summed E-state index contributed by atoms with van der Waals surface area (Å²) in [4.78, 5) is 24.6. The molecule has 3 aromatic rings. The van der Waals surface area contributed by atoms with Gasteiger partial charge in [-0.05, 0) is 70.7 Å². The minimum atomic E-state index is -1.16. The van der Waals surface area contributed by atoms with E-state index in [0.717, 1.165) is 5.56 Å². The maximum atomic E-state index is 12.4. The van der Waals surface area contributed by atoms with E-state index in [1.807, 2.05) is 37.3 Å². The van der Waals surface area contributed by atoms with Gasteiger partial charge < -0.3 is 34.7 Å². The van der Waals surface area contributed by atoms with Crippen molar-refractivity contribution in [2.75, 3.05) is 20.3 Å². The minimum Gasteiger partial charge on any atom is -0.490 e. The number of esters is 1. The maximum absolute atomic E-state index is 12.4. The van der Waals surface area contributed by atoms with Crippen LogP contribution in [-0.4, -0.2) is 49.9 Å². The predicted octanol–water partition coefficient (Wildman–Crippen LogP) is 5.20. The first-order valence-corrected chi connectivity index (χ1v) is 14.8. The second-order valence-corrected chi connectivity index (χ2v) is 10.8. The number of aliphatic hydroxyl groups is 1. The zero-order chi connectivity index (χ0) is 31.6. The first kappa shape index (κ1) is 32.6. The molecule has 0 spiro atoms. The van der Waals surface area contributed by atoms with Gasteiger partial charge in [-0.1, -0.05) is 48.0 Å². The molecule has 0 fully saturated rings. The lowest BCUT2D eigenvalue weighted by atomic mass is 9.95. The van der Waals surface area contributed by atoms with E-state index in [0.29, 0.717) is 56.8 Å². The monoisotopic (exact) mass is 686 g/mol. The molecular formula is C31H32BrClN4O7. The van der Waals surface area contributed by atoms with Gasteiger partial charge in [0.2, 0.25) is 0 Å². The van der Waals surface area contributed by atoms with Crippen LogP contribution in [0.4, 0.5) is 4.79 Å². The quantitative estimate of drug-likeness (QED) is 0.0833. The molecule has 232 valence electrons. The Morgan fingerprint density at radius 2 is 1.91 bits per heavy atom. The molecule has 0 bridgehead atoms. The predicted molar refractivity (Wildman–Crippen MR) is 169 cm³/mol. The van der Waals surface area contributed by atoms with Crippen LogP contribution in [0, 0.1) is 0 Å². The molecule has 13 heteroatoms. The summed E-state index contributed by atoms with van der Waals surface area (Å²) in [6.07, 6.45) is 0.344. The highest BCUT2D eigenvalue weighted by molar-refractivity contribution is 9.10. The lowest BCUT2D eigenvalue weighted by Crippen LogP contribution is -2.45. The van der Waals surface area contributed by atoms with E-state index in [1.165, 1.54) is 13.3 Å². The molecule has 0 unspecified atom stereocenters. The van der Waals surface area contributed by atoms with Gasteiger partial charge in [0, 0.05) is 5.70 Å². The number of methoxy groups -OCH3 is 1. The van der Waals surface area contributed by atoms with E-state index < -0.39 is 24.3 Å². The van der Waals surface area contributed by atoms with Crippen LogP contribution in [0.1, 0.15) is 36.6 Å². The Bertz CT molecular complexity index is 1530. The number of aliphatic hydroxyl groups excluding tert-OH is 1. The molecule has 4 N–H and O–H groups in total. The average Bonchev–Trinajstić information content (AvgIpc) is 3.00. The number of allylic oxidation sites excluding steroid dienone is 1. The third kappa shape index (κ3) is 8.43. The van der Waals surface area contributed by atoms with Crippen LogP contribution in [0.3, 0.4) is 0 Å². The number of ether oxygens (including phenoxy) is 4. The summed E-state index contributed by atoms with van der Waals surface area (Å²) in [5.41, 5.74) is 5.53. The Hall–Kier alpha value is -4.26. The van der Waals surface area contributed by atoms with Gasteiger partial charge in [0.15, 0.2) is 23.5 Å². The highest BCUT2D eigenvalue weighted by Crippen LogP contribution is 2.36. The first-order valence-electron chi connectivity index (χ1n) is 13.6. The largest absolute Gasteiger partial charge is 0.490 e. The van der Waals surface area contributed by atoms with Crippen molar-refractivity contribution < 1.29 is 33.6 Å². The van der Waals surface area contributed by atoms with Crippen molar-refractivity contribution >= 4 is 45.7 Å². The lowest BCUT2D eigenvalue weighted by Gasteiger charge is -2.28. The molecule has 1 heterocycles. The molecule has 44 heavy (non-hydrogen) atoms. The van der Waals surface area contributed by atoms with Crippen molar-refractivity contribution in [3.63, 3.8) is 0 Å². The third-order valence-electron chi connectivity index (χ3n) is 6.36. The number of rotatable bonds is 13. The van der Waals surface area contributed by atoms with E-state index in [9.17, 15) is 14.7 Å². The third-order valence-corrected chi connectivity index (χ3v) is 7.23. The summed E-state index contributed by atoms with van der Waals surface area (Å²) in [6.45, 7) is 3.97. The van der Waals surface area contributed by atoms with Gasteiger partial charge in [-0.15, -0.1) is 0 Å². The number of urea groups is 1. The summed E-state index contributed by atoms with van der Waals surface area (Å²) in [7, 11) is 1.27. The summed E-state index contributed by atoms with van der Waals surface area (Å²) >= 11 is 9.93. The maximum Gasteiger partial charge on any atom is 0.337 e. The Balaban J connectivity index is 1.37. The summed E-state index contributed by atoms with van der Waals surface area (Å²) in [6, 6.07) is 17.0. The van der Waals surface area contributed by atoms with Crippen molar-refractivity contribution in [1.29, 1.82) is 0 Å². The molecule has 4 rings (SSSR count). The van der Waals surface area contributed by atoms with Gasteiger partial charge in [0.1, 0.15) is 13.2 Å². The van der Waals surface area contributed by atoms with Gasteiger partial charge in [-0.3, -0.25) is 5.43 Å². The Morgan fingerprint density at radius 1 is 1.14 bits per heavy atom. The van der Waals surface area contributed by atoms with Crippen LogP contribution in [0.2, 0.25) is 5.02 Å². The van der Waals surface area contributed by atoms with Gasteiger partial charge in [-0.25, -0.2) is 9.59 Å². The number of nitrogens with zero attached hydrogens (tertiary/aromatic N) is 1. The zero-order valence-electron chi connectivity index (χ0n) is 24.2. The molecule has 2 atom stereocenters. The summed E-state index contributed by atoms with van der Waals surface area (Å²) < 4.78 is 23.0. The van der Waals surface area contributed by atoms with Gasteiger partial charge in [0.25, 0.3) is 0 Å². The number of hydrazone groups is 1. The van der Waals surface area contributed by atoms with Crippen LogP contribution in [0.25, 0.3) is 0 Å². The number of halogens is 2. The van der Waals surface area contributed by atoms with Crippen LogP contribution in [0.15, 0.2) is 81.5 Å². The van der Waals surface area contributed by atoms with Crippen LogP contribution >= 0.6 is 27.5 Å². The molecule has 0 saturated heterocycles. The summed E-state index contributed by atoms with van der Waals surface area (Å²) in [5, 5.41) is 20.2. The van der Waals surface area contributed by atoms with E-state index >= 15 is 0 Å². The highest BCUT2D eigenvalue weighted by atomic mass is 79.9. The topological polar surface area (TPSA) is 140 Å². The highest BCUT2D eigenvalue weighted by Gasteiger charge is 2.32. The molecule has 11 nitrogen and oxygen atoms in total. The van der Waals surface area contributed by atoms with Gasteiger partial charge in [0.05, 0.1) is 41.0 Å². The van der Waals surface area contributed by atoms with E-state index in [4.69, 9.17) is 30.5 Å². The number of hydrogen-bond acceptors (Lipinski definition) is 9. The van der Waals surface area contributed by atoms with Crippen LogP contribution < -0.4 is 30.3 Å². The molecule has 0 saturated carbocycles. The van der Waals surface area contributed by atoms with E-state index in [2.05, 4.69) is 37.1 Å². The number of hydrogen-bond donors (Lipinski definition) is 4. The number of nitrogens with one attached hydrogen (secondary N) is 3. The van der Waals surface area contributed by atoms with E-state index in [1.54, 1.807) is 37.3 Å². The van der Waals surface area contributed by atoms with Crippen molar-refractivity contribution in [1.82, 2.24) is 16.1 Å². The standard InChI is InChI=1S/C31H32BrClN4O7/c1-4-42-25-14-21(28-27(30(39)41-3)18(2)35-31(40)36-28)10-11-24(25)43-17-26(38)37-34-15-20-12-22(32)29(23(33)13-20)44-16-19-8-6-5-7-9-19/h5-15,26,28,37-38H,4,16-17H2,1-3H3,(H2,35,36,40)/b34-15-/t26-,28-/m1/s1. The second-order valence-electron chi connectivity index (χ2n) is 9.50. The fourth-order valence-electron chi connectivity index (χ4n) is 4.34. The fourth-order valence-corrected chi connectivity index (χ4v) is 5.33. The first-order chi connectivity index (χ1) is 21.2. The van der Waals surface area contributed by atoms with Crippen molar-refractivity contribution in [3.8, 4) is 17.2 Å². The molecule has 0 aliphatic carbocycles. The van der Waals surface area contributed by atoms with Crippen molar-refractivity contribution in [2.24, 2.45) is 5.10 Å². The number of amides is 2. The molecular weight excluding hydrogens is 656 g/mol. The lowest BCUT2D eigenvalue weighted by molar-refractivity contribution is -0.136. The van der Waals surface area contributed by atoms with Crippen molar-refractivity contribution in [2.45, 2.75) is 32.7 Å². The number of carbonyl (C=O) groups excluding carboxylic acids is 2. The fraction of sp³-hybridized carbons (Fsp3) is 0.258. The van der Waals surface area contributed by atoms with Crippen LogP contribution in [0.5, 0.6) is 17.2 Å². The van der Waals surface area contributed by atoms with Gasteiger partial charge >= 0.3 is 12.0 Å². The van der Waals surface area contributed by atoms with Crippen molar-refractivity contribution in [3.05, 3.63) is 98.1 Å². The Kier molecular flexibility index (Phi) is 11.5. The minimum absolute atomic E-state index is 0.163. The number of carbonyl (C=O) groups is 2.